The number of hydrogen-bond donors (Lipinski definition) is 2. The van der Waals surface area contributed by atoms with Crippen LogP contribution in [0.3, 0.4) is 0 Å². The second-order valence-electron chi connectivity index (χ2n) is 5.91. The quantitative estimate of drug-likeness (QED) is 0.838. The number of piperazine rings is 1. The van der Waals surface area contributed by atoms with Gasteiger partial charge in [-0.05, 0) is 23.3 Å². The minimum atomic E-state index is -0.118. The van der Waals surface area contributed by atoms with Crippen LogP contribution in [0.5, 0.6) is 0 Å². The summed E-state index contributed by atoms with van der Waals surface area (Å²) in [5.74, 6) is -0.118. The number of nitrogens with zero attached hydrogens (tertiary/aromatic N) is 1. The van der Waals surface area contributed by atoms with Crippen LogP contribution in [0.15, 0.2) is 48.5 Å². The van der Waals surface area contributed by atoms with E-state index in [4.69, 9.17) is 11.6 Å². The first-order valence-corrected chi connectivity index (χ1v) is 8.68. The van der Waals surface area contributed by atoms with Crippen LogP contribution in [0.4, 0.5) is 0 Å². The minimum absolute atomic E-state index is 0. The maximum Gasteiger partial charge on any atom is 0.252 e. The van der Waals surface area contributed by atoms with Gasteiger partial charge in [0.25, 0.3) is 5.91 Å². The van der Waals surface area contributed by atoms with E-state index in [0.717, 1.165) is 43.9 Å². The Bertz CT molecular complexity index is 688. The van der Waals surface area contributed by atoms with Gasteiger partial charge in [0.15, 0.2) is 0 Å². The van der Waals surface area contributed by atoms with E-state index in [9.17, 15) is 4.79 Å². The zero-order valence-electron chi connectivity index (χ0n) is 14.0. The summed E-state index contributed by atoms with van der Waals surface area (Å²) in [7, 11) is 0. The molecular formula is C19H23Cl2N3O. The van der Waals surface area contributed by atoms with Crippen LogP contribution in [0.25, 0.3) is 11.1 Å². The molecule has 1 saturated heterocycles. The Morgan fingerprint density at radius 3 is 2.52 bits per heavy atom. The molecule has 0 saturated carbocycles. The van der Waals surface area contributed by atoms with Gasteiger partial charge >= 0.3 is 0 Å². The van der Waals surface area contributed by atoms with Gasteiger partial charge < -0.3 is 10.6 Å². The second kappa shape index (κ2) is 9.78. The summed E-state index contributed by atoms with van der Waals surface area (Å²) in [4.78, 5) is 14.8. The van der Waals surface area contributed by atoms with Crippen molar-refractivity contribution in [2.24, 2.45) is 0 Å². The summed E-state index contributed by atoms with van der Waals surface area (Å²) in [5, 5.41) is 6.78. The molecule has 0 unspecified atom stereocenters. The van der Waals surface area contributed by atoms with Crippen molar-refractivity contribution in [3.8, 4) is 11.1 Å². The minimum Gasteiger partial charge on any atom is -0.351 e. The monoisotopic (exact) mass is 379 g/mol. The van der Waals surface area contributed by atoms with Crippen molar-refractivity contribution in [3.63, 3.8) is 0 Å². The number of carbonyl (C=O) groups is 1. The predicted octanol–water partition coefficient (Wildman–Crippen LogP) is 3.06. The van der Waals surface area contributed by atoms with Gasteiger partial charge in [-0.15, -0.1) is 12.4 Å². The van der Waals surface area contributed by atoms with Crippen LogP contribution in [0.2, 0.25) is 5.02 Å². The molecule has 25 heavy (non-hydrogen) atoms. The summed E-state index contributed by atoms with van der Waals surface area (Å²) in [5.41, 5.74) is 2.59. The summed E-state index contributed by atoms with van der Waals surface area (Å²) in [6.07, 6.45) is 0. The van der Waals surface area contributed by atoms with Gasteiger partial charge in [0, 0.05) is 39.3 Å². The number of amides is 1. The first kappa shape index (κ1) is 19.7. The van der Waals surface area contributed by atoms with Gasteiger partial charge in [0.1, 0.15) is 0 Å². The normalized spacial score (nSPS) is 14.6. The molecule has 2 aromatic carbocycles. The van der Waals surface area contributed by atoms with Crippen molar-refractivity contribution in [2.75, 3.05) is 39.3 Å². The van der Waals surface area contributed by atoms with E-state index in [1.165, 1.54) is 0 Å². The number of nitrogens with one attached hydrogen (secondary N) is 2. The maximum absolute atomic E-state index is 12.5. The fourth-order valence-electron chi connectivity index (χ4n) is 2.87. The molecule has 0 atom stereocenters. The molecular weight excluding hydrogens is 357 g/mol. The SMILES string of the molecule is Cl.O=C(NCCN1CCNCC1)c1cc(-c2ccccc2)ccc1Cl. The average Bonchev–Trinajstić information content (AvgIpc) is 2.63. The summed E-state index contributed by atoms with van der Waals surface area (Å²) >= 11 is 6.23. The van der Waals surface area contributed by atoms with Gasteiger partial charge in [-0.3, -0.25) is 9.69 Å². The lowest BCUT2D eigenvalue weighted by Gasteiger charge is -2.27. The van der Waals surface area contributed by atoms with E-state index in [1.807, 2.05) is 42.5 Å². The molecule has 0 bridgehead atoms. The molecule has 1 fully saturated rings. The van der Waals surface area contributed by atoms with Crippen LogP contribution in [-0.4, -0.2) is 50.1 Å². The van der Waals surface area contributed by atoms with Gasteiger partial charge in [-0.1, -0.05) is 48.0 Å². The molecule has 134 valence electrons. The molecule has 0 radical (unpaired) electrons. The number of benzene rings is 2. The molecule has 1 amide bonds. The van der Waals surface area contributed by atoms with Crippen LogP contribution < -0.4 is 10.6 Å². The average molecular weight is 380 g/mol. The highest BCUT2D eigenvalue weighted by molar-refractivity contribution is 6.34. The second-order valence-corrected chi connectivity index (χ2v) is 6.32. The Morgan fingerprint density at radius 1 is 1.08 bits per heavy atom. The van der Waals surface area contributed by atoms with Gasteiger partial charge in [-0.25, -0.2) is 0 Å². The summed E-state index contributed by atoms with van der Waals surface area (Å²) < 4.78 is 0. The predicted molar refractivity (Wildman–Crippen MR) is 106 cm³/mol. The molecule has 1 heterocycles. The summed E-state index contributed by atoms with van der Waals surface area (Å²) in [6.45, 7) is 5.58. The Kier molecular flexibility index (Phi) is 7.72. The topological polar surface area (TPSA) is 44.4 Å². The standard InChI is InChI=1S/C19H22ClN3O.ClH/c20-18-7-6-16(15-4-2-1-3-5-15)14-17(18)19(24)22-10-13-23-11-8-21-9-12-23;/h1-7,14,21H,8-13H2,(H,22,24);1H. The zero-order valence-corrected chi connectivity index (χ0v) is 15.6. The molecule has 2 aromatic rings. The van der Waals surface area contributed by atoms with Crippen molar-refractivity contribution in [1.29, 1.82) is 0 Å². The van der Waals surface area contributed by atoms with E-state index in [2.05, 4.69) is 15.5 Å². The van der Waals surface area contributed by atoms with Gasteiger partial charge in [0.2, 0.25) is 0 Å². The fraction of sp³-hybridized carbons (Fsp3) is 0.316. The molecule has 0 aliphatic carbocycles. The zero-order chi connectivity index (χ0) is 16.8. The molecule has 1 aliphatic heterocycles. The lowest BCUT2D eigenvalue weighted by Crippen LogP contribution is -2.46. The Balaban J connectivity index is 0.00000225. The molecule has 6 heteroatoms. The van der Waals surface area contributed by atoms with Crippen molar-refractivity contribution in [3.05, 3.63) is 59.1 Å². The first-order valence-electron chi connectivity index (χ1n) is 8.30. The summed E-state index contributed by atoms with van der Waals surface area (Å²) in [6, 6.07) is 15.6. The largest absolute Gasteiger partial charge is 0.351 e. The van der Waals surface area contributed by atoms with Crippen molar-refractivity contribution >= 4 is 29.9 Å². The number of halogens is 2. The third-order valence-corrected chi connectivity index (χ3v) is 4.57. The van der Waals surface area contributed by atoms with Crippen LogP contribution in [0, 0.1) is 0 Å². The third kappa shape index (κ3) is 5.44. The molecule has 3 rings (SSSR count). The highest BCUT2D eigenvalue weighted by atomic mass is 35.5. The van der Waals surface area contributed by atoms with Crippen molar-refractivity contribution < 1.29 is 4.79 Å². The fourth-order valence-corrected chi connectivity index (χ4v) is 3.07. The van der Waals surface area contributed by atoms with Crippen LogP contribution in [0.1, 0.15) is 10.4 Å². The van der Waals surface area contributed by atoms with Crippen molar-refractivity contribution in [2.45, 2.75) is 0 Å². The third-order valence-electron chi connectivity index (χ3n) is 4.24. The number of rotatable bonds is 5. The molecule has 4 nitrogen and oxygen atoms in total. The first-order chi connectivity index (χ1) is 11.7. The van der Waals surface area contributed by atoms with E-state index in [1.54, 1.807) is 6.07 Å². The lowest BCUT2D eigenvalue weighted by molar-refractivity contribution is 0.0947. The molecule has 0 spiro atoms. The van der Waals surface area contributed by atoms with Gasteiger partial charge in [0.05, 0.1) is 10.6 Å². The van der Waals surface area contributed by atoms with Crippen LogP contribution >= 0.6 is 24.0 Å². The van der Waals surface area contributed by atoms with E-state index >= 15 is 0 Å². The van der Waals surface area contributed by atoms with E-state index in [-0.39, 0.29) is 18.3 Å². The molecule has 0 aromatic heterocycles. The van der Waals surface area contributed by atoms with Crippen molar-refractivity contribution in [1.82, 2.24) is 15.5 Å². The van der Waals surface area contributed by atoms with E-state index < -0.39 is 0 Å². The highest BCUT2D eigenvalue weighted by Crippen LogP contribution is 2.25. The lowest BCUT2D eigenvalue weighted by atomic mass is 10.0. The molecule has 1 aliphatic rings. The Morgan fingerprint density at radius 2 is 1.80 bits per heavy atom. The highest BCUT2D eigenvalue weighted by Gasteiger charge is 2.13. The number of hydrogen-bond acceptors (Lipinski definition) is 3. The van der Waals surface area contributed by atoms with E-state index in [0.29, 0.717) is 17.1 Å². The van der Waals surface area contributed by atoms with Crippen LogP contribution in [-0.2, 0) is 0 Å². The maximum atomic E-state index is 12.5. The molecule has 2 N–H and O–H groups in total. The Labute approximate surface area is 160 Å². The Hall–Kier alpha value is -1.59. The number of carbonyl (C=O) groups excluding carboxylic acids is 1. The smallest absolute Gasteiger partial charge is 0.252 e. The van der Waals surface area contributed by atoms with Gasteiger partial charge in [-0.2, -0.15) is 0 Å².